The highest BCUT2D eigenvalue weighted by Crippen LogP contribution is 2.54. The molecule has 15 rings (SSSR count). The molecule has 0 aliphatic carbocycles. The standard InChI is InChI=1S/C48H25B2N3OS/c1-5-17-33-27(13-1)42-46-32(24-28-26-12-2-10-23-41(26)55-48(28)42)50-30-15-4-7-19-35(30)52-34-18-6-3-14-29(34)49-31-16-11-22-40-45(31)53(36-20-8-9-21-39(36)54-40)38-25-37(51(33)46)44(50)47(52)43(38)49/h1-25H. The number of para-hydroxylation sites is 6. The van der Waals surface area contributed by atoms with Crippen molar-refractivity contribution in [2.75, 3.05) is 9.80 Å². The van der Waals surface area contributed by atoms with E-state index >= 15 is 0 Å². The predicted molar refractivity (Wildman–Crippen MR) is 232 cm³/mol. The number of hydrogen-bond donors (Lipinski definition) is 0. The van der Waals surface area contributed by atoms with Gasteiger partial charge in [0, 0.05) is 59.4 Å². The Bertz CT molecular complexity index is 3470. The molecular formula is C48H25B2N3OS. The van der Waals surface area contributed by atoms with Crippen molar-refractivity contribution in [3.63, 3.8) is 0 Å². The molecule has 0 saturated heterocycles. The first-order valence-electron chi connectivity index (χ1n) is 19.1. The molecule has 0 bridgehead atoms. The van der Waals surface area contributed by atoms with Gasteiger partial charge in [-0.3, -0.25) is 0 Å². The van der Waals surface area contributed by atoms with E-state index in [0.29, 0.717) is 0 Å². The van der Waals surface area contributed by atoms with E-state index < -0.39 is 0 Å². The molecule has 8 aromatic carbocycles. The first-order chi connectivity index (χ1) is 27.3. The van der Waals surface area contributed by atoms with Crippen LogP contribution in [0.25, 0.3) is 47.7 Å². The average molecular weight is 713 g/mol. The third-order valence-corrected chi connectivity index (χ3v) is 14.3. The lowest BCUT2D eigenvalue weighted by Crippen LogP contribution is -2.68. The van der Waals surface area contributed by atoms with E-state index in [1.54, 1.807) is 0 Å². The molecule has 10 aromatic rings. The van der Waals surface area contributed by atoms with E-state index in [4.69, 9.17) is 4.74 Å². The number of thiophene rings is 1. The van der Waals surface area contributed by atoms with Gasteiger partial charge in [-0.2, -0.15) is 0 Å². The number of ether oxygens (including phenoxy) is 1. The van der Waals surface area contributed by atoms with Crippen LogP contribution >= 0.6 is 11.3 Å². The van der Waals surface area contributed by atoms with Gasteiger partial charge in [-0.1, -0.05) is 103 Å². The summed E-state index contributed by atoms with van der Waals surface area (Å²) < 4.78 is 12.1. The first kappa shape index (κ1) is 27.9. The summed E-state index contributed by atoms with van der Waals surface area (Å²) in [6.45, 7) is 0.0978. The molecule has 5 aliphatic rings. The van der Waals surface area contributed by atoms with Gasteiger partial charge in [-0.15, -0.1) is 11.3 Å². The highest BCUT2D eigenvalue weighted by molar-refractivity contribution is 7.27. The van der Waals surface area contributed by atoms with E-state index in [1.165, 1.54) is 103 Å². The van der Waals surface area contributed by atoms with Crippen LogP contribution in [0.4, 0.5) is 34.1 Å². The minimum Gasteiger partial charge on any atom is -0.453 e. The Morgan fingerprint density at radius 2 is 1.09 bits per heavy atom. The fraction of sp³-hybridized carbons (Fsp3) is 0. The number of benzene rings is 8. The second-order valence-electron chi connectivity index (χ2n) is 15.5. The van der Waals surface area contributed by atoms with Gasteiger partial charge in [0.1, 0.15) is 0 Å². The van der Waals surface area contributed by atoms with Gasteiger partial charge >= 0.3 is 0 Å². The normalized spacial score (nSPS) is 14.5. The number of fused-ring (bicyclic) bond motifs is 19. The van der Waals surface area contributed by atoms with Crippen LogP contribution in [-0.4, -0.2) is 18.0 Å². The van der Waals surface area contributed by atoms with Gasteiger partial charge in [0.25, 0.3) is 13.4 Å². The van der Waals surface area contributed by atoms with Crippen LogP contribution in [-0.2, 0) is 0 Å². The summed E-state index contributed by atoms with van der Waals surface area (Å²) in [5, 5.41) is 5.38. The predicted octanol–water partition coefficient (Wildman–Crippen LogP) is 8.48. The first-order valence-corrected chi connectivity index (χ1v) is 19.9. The van der Waals surface area contributed by atoms with Gasteiger partial charge in [0.15, 0.2) is 11.5 Å². The van der Waals surface area contributed by atoms with E-state index in [0.717, 1.165) is 22.9 Å². The number of rotatable bonds is 0. The molecule has 0 saturated carbocycles. The van der Waals surface area contributed by atoms with Crippen LogP contribution in [0.5, 0.6) is 11.5 Å². The van der Waals surface area contributed by atoms with Gasteiger partial charge in [-0.05, 0) is 81.3 Å². The summed E-state index contributed by atoms with van der Waals surface area (Å²) in [6, 6.07) is 56.7. The molecule has 0 spiro atoms. The van der Waals surface area contributed by atoms with Gasteiger partial charge in [-0.25, -0.2) is 0 Å². The summed E-state index contributed by atoms with van der Waals surface area (Å²) >= 11 is 1.93. The average Bonchev–Trinajstić information content (AvgIpc) is 3.79. The molecule has 0 unspecified atom stereocenters. The lowest BCUT2D eigenvalue weighted by atomic mass is 9.29. The Labute approximate surface area is 320 Å². The van der Waals surface area contributed by atoms with Crippen LogP contribution in [0.2, 0.25) is 0 Å². The maximum atomic E-state index is 6.72. The zero-order valence-electron chi connectivity index (χ0n) is 29.2. The van der Waals surface area contributed by atoms with Crippen molar-refractivity contribution >= 4 is 134 Å². The smallest absolute Gasteiger partial charge is 0.252 e. The molecule has 4 nitrogen and oxygen atoms in total. The number of aromatic nitrogens is 1. The molecule has 7 heterocycles. The van der Waals surface area contributed by atoms with Crippen molar-refractivity contribution in [3.8, 4) is 17.2 Å². The van der Waals surface area contributed by atoms with Crippen LogP contribution < -0.4 is 47.3 Å². The van der Waals surface area contributed by atoms with Crippen molar-refractivity contribution in [1.82, 2.24) is 4.57 Å². The van der Waals surface area contributed by atoms with Crippen LogP contribution in [0.15, 0.2) is 152 Å². The van der Waals surface area contributed by atoms with E-state index in [-0.39, 0.29) is 13.4 Å². The quantitative estimate of drug-likeness (QED) is 0.147. The number of nitrogens with zero attached hydrogens (tertiary/aromatic N) is 3. The zero-order chi connectivity index (χ0) is 35.3. The van der Waals surface area contributed by atoms with Crippen molar-refractivity contribution in [2.24, 2.45) is 0 Å². The summed E-state index contributed by atoms with van der Waals surface area (Å²) in [6.07, 6.45) is 0. The Kier molecular flexibility index (Phi) is 4.72. The lowest BCUT2D eigenvalue weighted by molar-refractivity contribution is 0.477. The maximum Gasteiger partial charge on any atom is 0.252 e. The zero-order valence-corrected chi connectivity index (χ0v) is 30.1. The topological polar surface area (TPSA) is 20.6 Å². The second kappa shape index (κ2) is 9.32. The van der Waals surface area contributed by atoms with Crippen molar-refractivity contribution in [2.45, 2.75) is 0 Å². The fourth-order valence-corrected chi connectivity index (χ4v) is 12.4. The Morgan fingerprint density at radius 1 is 0.455 bits per heavy atom. The minimum atomic E-state index is 0.0415. The third kappa shape index (κ3) is 3.05. The van der Waals surface area contributed by atoms with Crippen LogP contribution in [0.3, 0.4) is 0 Å². The number of anilines is 6. The number of hydrogen-bond acceptors (Lipinski definition) is 4. The molecule has 250 valence electrons. The van der Waals surface area contributed by atoms with Gasteiger partial charge in [0.05, 0.1) is 22.4 Å². The lowest BCUT2D eigenvalue weighted by Gasteiger charge is -2.50. The highest BCUT2D eigenvalue weighted by Gasteiger charge is 2.52. The Morgan fingerprint density at radius 3 is 1.95 bits per heavy atom. The van der Waals surface area contributed by atoms with Crippen LogP contribution in [0, 0.1) is 0 Å². The molecule has 55 heavy (non-hydrogen) atoms. The summed E-state index contributed by atoms with van der Waals surface area (Å²) in [5.74, 6) is 1.79. The second-order valence-corrected chi connectivity index (χ2v) is 16.6. The molecule has 0 amide bonds. The highest BCUT2D eigenvalue weighted by atomic mass is 32.1. The molecule has 7 heteroatoms. The molecule has 5 aliphatic heterocycles. The summed E-state index contributed by atoms with van der Waals surface area (Å²) in [5.41, 5.74) is 19.3. The molecule has 2 aromatic heterocycles. The van der Waals surface area contributed by atoms with Crippen LogP contribution in [0.1, 0.15) is 0 Å². The fourth-order valence-electron chi connectivity index (χ4n) is 11.2. The summed E-state index contributed by atoms with van der Waals surface area (Å²) in [4.78, 5) is 5.13. The molecule has 0 radical (unpaired) electrons. The molecular weight excluding hydrogens is 688 g/mol. The van der Waals surface area contributed by atoms with Crippen molar-refractivity contribution < 1.29 is 4.74 Å². The summed E-state index contributed by atoms with van der Waals surface area (Å²) in [7, 11) is 0. The molecule has 0 fully saturated rings. The Hall–Kier alpha value is -6.69. The Balaban J connectivity index is 1.20. The minimum absolute atomic E-state index is 0.0415. The largest absolute Gasteiger partial charge is 0.453 e. The monoisotopic (exact) mass is 713 g/mol. The van der Waals surface area contributed by atoms with Crippen molar-refractivity contribution in [3.05, 3.63) is 152 Å². The SMILES string of the molecule is c1ccc2c(c1)Oc1cccc3c1N2c1cc2c4c5c1B3c1ccccc1N5c1ccccc1B4c1cc3c4ccccc4sc3c3c4ccccc4n-2c13. The van der Waals surface area contributed by atoms with E-state index in [9.17, 15) is 0 Å². The van der Waals surface area contributed by atoms with Crippen molar-refractivity contribution in [1.29, 1.82) is 0 Å². The maximum absolute atomic E-state index is 6.72. The third-order valence-electron chi connectivity index (χ3n) is 13.1. The van der Waals surface area contributed by atoms with Gasteiger partial charge in [0.2, 0.25) is 0 Å². The molecule has 0 N–H and O–H groups in total. The van der Waals surface area contributed by atoms with E-state index in [1.807, 2.05) is 11.3 Å². The van der Waals surface area contributed by atoms with Gasteiger partial charge < -0.3 is 19.1 Å². The molecule has 0 atom stereocenters. The van der Waals surface area contributed by atoms with E-state index in [2.05, 4.69) is 166 Å².